The zero-order valence-corrected chi connectivity index (χ0v) is 12.6. The minimum Gasteiger partial charge on any atom is -0.390 e. The number of carbonyl (C=O) groups excluding carboxylic acids is 1. The van der Waals surface area contributed by atoms with E-state index in [9.17, 15) is 9.90 Å². The van der Waals surface area contributed by atoms with Gasteiger partial charge >= 0.3 is 0 Å². The molecule has 1 amide bonds. The third-order valence-corrected chi connectivity index (χ3v) is 3.63. The van der Waals surface area contributed by atoms with Crippen molar-refractivity contribution >= 4 is 5.91 Å². The third kappa shape index (κ3) is 3.84. The first-order valence-corrected chi connectivity index (χ1v) is 7.24. The van der Waals surface area contributed by atoms with Gasteiger partial charge in [-0.2, -0.15) is 0 Å². The summed E-state index contributed by atoms with van der Waals surface area (Å²) in [5.74, 6) is 0.537. The molecular weight excluding hydrogens is 254 g/mol. The van der Waals surface area contributed by atoms with Crippen molar-refractivity contribution in [3.05, 3.63) is 24.0 Å². The summed E-state index contributed by atoms with van der Waals surface area (Å²) in [6.07, 6.45) is 1.52. The van der Waals surface area contributed by atoms with Crippen LogP contribution in [-0.4, -0.2) is 57.7 Å². The van der Waals surface area contributed by atoms with Gasteiger partial charge in [0.25, 0.3) is 0 Å². The van der Waals surface area contributed by atoms with Crippen LogP contribution in [-0.2, 0) is 18.4 Å². The number of nitrogens with zero attached hydrogens (tertiary/aromatic N) is 3. The summed E-state index contributed by atoms with van der Waals surface area (Å²) in [7, 11) is 2.00. The molecule has 1 unspecified atom stereocenters. The maximum absolute atomic E-state index is 12.3. The van der Waals surface area contributed by atoms with Crippen LogP contribution in [0.25, 0.3) is 0 Å². The molecule has 1 aromatic rings. The number of rotatable bonds is 4. The molecule has 1 atom stereocenters. The van der Waals surface area contributed by atoms with Crippen molar-refractivity contribution in [3.8, 4) is 0 Å². The minimum absolute atomic E-state index is 0.115. The van der Waals surface area contributed by atoms with Gasteiger partial charge in [-0.3, -0.25) is 9.69 Å². The average molecular weight is 279 g/mol. The standard InChI is InChI=1S/C15H25N3O2/c1-12(2)7-18-10-14(19)9-17(11-15(18)20)8-13-5-4-6-16(13)3/h4-6,12,14,19H,7-11H2,1-3H3. The van der Waals surface area contributed by atoms with E-state index >= 15 is 0 Å². The average Bonchev–Trinajstić information content (AvgIpc) is 2.67. The molecule has 0 aliphatic carbocycles. The van der Waals surface area contributed by atoms with E-state index in [1.165, 1.54) is 0 Å². The monoisotopic (exact) mass is 279 g/mol. The highest BCUT2D eigenvalue weighted by atomic mass is 16.3. The molecule has 1 saturated heterocycles. The Labute approximate surface area is 120 Å². The molecule has 0 bridgehead atoms. The highest BCUT2D eigenvalue weighted by Gasteiger charge is 2.27. The van der Waals surface area contributed by atoms with Gasteiger partial charge in [0, 0.05) is 45.1 Å². The lowest BCUT2D eigenvalue weighted by molar-refractivity contribution is -0.132. The second-order valence-corrected chi connectivity index (χ2v) is 6.13. The van der Waals surface area contributed by atoms with E-state index in [1.54, 1.807) is 4.90 Å². The number of hydrogen-bond donors (Lipinski definition) is 1. The van der Waals surface area contributed by atoms with E-state index in [0.717, 1.165) is 5.69 Å². The van der Waals surface area contributed by atoms with Crippen LogP contribution in [0.4, 0.5) is 0 Å². The zero-order chi connectivity index (χ0) is 14.7. The summed E-state index contributed by atoms with van der Waals surface area (Å²) in [6, 6.07) is 4.05. The molecule has 0 saturated carbocycles. The Morgan fingerprint density at radius 1 is 1.40 bits per heavy atom. The van der Waals surface area contributed by atoms with Crippen molar-refractivity contribution in [2.45, 2.75) is 26.5 Å². The first-order valence-electron chi connectivity index (χ1n) is 7.24. The van der Waals surface area contributed by atoms with Crippen LogP contribution >= 0.6 is 0 Å². The lowest BCUT2D eigenvalue weighted by Crippen LogP contribution is -2.39. The predicted octanol–water partition coefficient (Wildman–Crippen LogP) is 0.686. The fourth-order valence-corrected chi connectivity index (χ4v) is 2.70. The summed E-state index contributed by atoms with van der Waals surface area (Å²) in [5.41, 5.74) is 1.15. The number of aliphatic hydroxyl groups is 1. The van der Waals surface area contributed by atoms with Gasteiger partial charge in [-0.05, 0) is 18.1 Å². The van der Waals surface area contributed by atoms with Crippen molar-refractivity contribution < 1.29 is 9.90 Å². The predicted molar refractivity (Wildman–Crippen MR) is 78.1 cm³/mol. The Morgan fingerprint density at radius 2 is 2.15 bits per heavy atom. The van der Waals surface area contributed by atoms with Crippen molar-refractivity contribution in [3.63, 3.8) is 0 Å². The fraction of sp³-hybridized carbons (Fsp3) is 0.667. The molecule has 0 spiro atoms. The Morgan fingerprint density at radius 3 is 2.75 bits per heavy atom. The molecule has 1 aliphatic rings. The summed E-state index contributed by atoms with van der Waals surface area (Å²) in [5, 5.41) is 10.1. The molecule has 0 aromatic carbocycles. The number of amides is 1. The first kappa shape index (κ1) is 15.1. The number of carbonyl (C=O) groups is 1. The molecule has 1 aliphatic heterocycles. The molecular formula is C15H25N3O2. The first-order chi connectivity index (χ1) is 9.45. The minimum atomic E-state index is -0.472. The van der Waals surface area contributed by atoms with Gasteiger partial charge in [-0.15, -0.1) is 0 Å². The van der Waals surface area contributed by atoms with Crippen molar-refractivity contribution in [1.29, 1.82) is 0 Å². The van der Waals surface area contributed by atoms with Gasteiger partial charge in [0.2, 0.25) is 5.91 Å². The van der Waals surface area contributed by atoms with E-state index in [1.807, 2.05) is 34.8 Å². The fourth-order valence-electron chi connectivity index (χ4n) is 2.70. The summed E-state index contributed by atoms with van der Waals surface area (Å²) in [6.45, 7) is 6.97. The number of aryl methyl sites for hydroxylation is 1. The largest absolute Gasteiger partial charge is 0.390 e. The van der Waals surface area contributed by atoms with Crippen LogP contribution in [0.3, 0.4) is 0 Å². The smallest absolute Gasteiger partial charge is 0.236 e. The molecule has 1 fully saturated rings. The summed E-state index contributed by atoms with van der Waals surface area (Å²) < 4.78 is 2.05. The maximum atomic E-state index is 12.3. The van der Waals surface area contributed by atoms with Crippen molar-refractivity contribution in [2.24, 2.45) is 13.0 Å². The van der Waals surface area contributed by atoms with Crippen LogP contribution in [0.1, 0.15) is 19.5 Å². The van der Waals surface area contributed by atoms with E-state index in [4.69, 9.17) is 0 Å². The van der Waals surface area contributed by atoms with Crippen LogP contribution in [0.2, 0.25) is 0 Å². The molecule has 112 valence electrons. The van der Waals surface area contributed by atoms with E-state index < -0.39 is 6.10 Å². The molecule has 2 heterocycles. The Kier molecular flexibility index (Phi) is 4.83. The van der Waals surface area contributed by atoms with E-state index in [-0.39, 0.29) is 5.91 Å². The van der Waals surface area contributed by atoms with Crippen LogP contribution in [0, 0.1) is 5.92 Å². The van der Waals surface area contributed by atoms with Gasteiger partial charge in [-0.1, -0.05) is 13.8 Å². The van der Waals surface area contributed by atoms with Crippen molar-refractivity contribution in [1.82, 2.24) is 14.4 Å². The van der Waals surface area contributed by atoms with Gasteiger partial charge in [0.15, 0.2) is 0 Å². The quantitative estimate of drug-likeness (QED) is 0.882. The number of aliphatic hydroxyl groups excluding tert-OH is 1. The topological polar surface area (TPSA) is 48.7 Å². The molecule has 0 radical (unpaired) electrons. The molecule has 5 nitrogen and oxygen atoms in total. The third-order valence-electron chi connectivity index (χ3n) is 3.63. The Bertz CT molecular complexity index is 456. The number of hydrogen-bond acceptors (Lipinski definition) is 3. The Hall–Kier alpha value is -1.33. The number of aromatic nitrogens is 1. The molecule has 5 heteroatoms. The summed E-state index contributed by atoms with van der Waals surface area (Å²) >= 11 is 0. The van der Waals surface area contributed by atoms with Gasteiger partial charge in [-0.25, -0.2) is 0 Å². The van der Waals surface area contributed by atoms with Gasteiger partial charge in [0.05, 0.1) is 12.6 Å². The highest BCUT2D eigenvalue weighted by molar-refractivity contribution is 5.78. The highest BCUT2D eigenvalue weighted by Crippen LogP contribution is 2.12. The second-order valence-electron chi connectivity index (χ2n) is 6.13. The van der Waals surface area contributed by atoms with Crippen LogP contribution in [0.5, 0.6) is 0 Å². The van der Waals surface area contributed by atoms with E-state index in [0.29, 0.717) is 38.6 Å². The Balaban J connectivity index is 2.02. The SMILES string of the molecule is CC(C)CN1CC(O)CN(Cc2cccn2C)CC1=O. The normalized spacial score (nSPS) is 21.6. The molecule has 1 aromatic heterocycles. The van der Waals surface area contributed by atoms with Crippen molar-refractivity contribution in [2.75, 3.05) is 26.2 Å². The van der Waals surface area contributed by atoms with Gasteiger partial charge in [0.1, 0.15) is 0 Å². The maximum Gasteiger partial charge on any atom is 0.236 e. The van der Waals surface area contributed by atoms with Crippen LogP contribution in [0.15, 0.2) is 18.3 Å². The van der Waals surface area contributed by atoms with Gasteiger partial charge < -0.3 is 14.6 Å². The molecule has 2 rings (SSSR count). The zero-order valence-electron chi connectivity index (χ0n) is 12.6. The number of β-amino-alcohol motifs (C(OH)–C–C–N with tert-alkyl or cyclic N) is 1. The van der Waals surface area contributed by atoms with E-state index in [2.05, 4.69) is 13.8 Å². The lowest BCUT2D eigenvalue weighted by Gasteiger charge is -2.23. The summed E-state index contributed by atoms with van der Waals surface area (Å²) in [4.78, 5) is 16.1. The second kappa shape index (κ2) is 6.41. The van der Waals surface area contributed by atoms with Crippen LogP contribution < -0.4 is 0 Å². The lowest BCUT2D eigenvalue weighted by atomic mass is 10.2. The molecule has 20 heavy (non-hydrogen) atoms. The molecule has 1 N–H and O–H groups in total.